The molecule has 3 rings (SSSR count). The summed E-state index contributed by atoms with van der Waals surface area (Å²) < 4.78 is 0. The van der Waals surface area contributed by atoms with Crippen molar-refractivity contribution in [1.29, 1.82) is 0 Å². The van der Waals surface area contributed by atoms with Gasteiger partial charge in [0.15, 0.2) is 0 Å². The van der Waals surface area contributed by atoms with Crippen molar-refractivity contribution in [1.82, 2.24) is 4.90 Å². The summed E-state index contributed by atoms with van der Waals surface area (Å²) in [6, 6.07) is 15.7. The summed E-state index contributed by atoms with van der Waals surface area (Å²) in [5, 5.41) is 2.91. The zero-order valence-corrected chi connectivity index (χ0v) is 11.8. The lowest BCUT2D eigenvalue weighted by molar-refractivity contribution is 0.227. The summed E-state index contributed by atoms with van der Waals surface area (Å²) >= 11 is 0. The fourth-order valence-electron chi connectivity index (χ4n) is 2.34. The highest BCUT2D eigenvalue weighted by molar-refractivity contribution is 5.90. The van der Waals surface area contributed by atoms with Gasteiger partial charge in [-0.05, 0) is 48.2 Å². The van der Waals surface area contributed by atoms with Gasteiger partial charge in [-0.3, -0.25) is 4.90 Å². The fraction of sp³-hybridized carbons (Fsp3) is 0.111. The molecular formula is C18H17N2O. The molecule has 3 nitrogen and oxygen atoms in total. The topological polar surface area (TPSA) is 32.3 Å². The number of carbonyl (C=O) groups is 1. The number of hydrogen-bond acceptors (Lipinski definition) is 1. The third-order valence-corrected chi connectivity index (χ3v) is 3.58. The minimum absolute atomic E-state index is 0.122. The summed E-state index contributed by atoms with van der Waals surface area (Å²) in [5.41, 5.74) is 4.27. The van der Waals surface area contributed by atoms with Crippen LogP contribution in [0.2, 0.25) is 0 Å². The number of nitrogens with one attached hydrogen (secondary N) is 1. The van der Waals surface area contributed by atoms with Gasteiger partial charge in [0.05, 0.1) is 6.54 Å². The van der Waals surface area contributed by atoms with Gasteiger partial charge in [0, 0.05) is 11.9 Å². The van der Waals surface area contributed by atoms with Crippen molar-refractivity contribution in [3.8, 4) is 0 Å². The van der Waals surface area contributed by atoms with Crippen LogP contribution in [0.25, 0.3) is 6.08 Å². The van der Waals surface area contributed by atoms with Crippen molar-refractivity contribution in [3.05, 3.63) is 78.3 Å². The molecule has 0 aromatic heterocycles. The lowest BCUT2D eigenvalue weighted by atomic mass is 10.0. The maximum absolute atomic E-state index is 12.3. The normalized spacial score (nSPS) is 12.9. The van der Waals surface area contributed by atoms with Gasteiger partial charge in [-0.1, -0.05) is 36.4 Å². The highest BCUT2D eigenvalue weighted by atomic mass is 16.2. The van der Waals surface area contributed by atoms with Gasteiger partial charge in [-0.15, -0.1) is 0 Å². The lowest BCUT2D eigenvalue weighted by Gasteiger charge is -2.23. The molecule has 2 aromatic rings. The minimum atomic E-state index is -0.122. The van der Waals surface area contributed by atoms with E-state index in [1.165, 1.54) is 5.56 Å². The molecule has 2 aromatic carbocycles. The van der Waals surface area contributed by atoms with Crippen LogP contribution in [0.3, 0.4) is 0 Å². The van der Waals surface area contributed by atoms with Crippen LogP contribution >= 0.6 is 0 Å². The second-order valence-corrected chi connectivity index (χ2v) is 5.02. The summed E-state index contributed by atoms with van der Waals surface area (Å²) in [6.45, 7) is 4.43. The van der Waals surface area contributed by atoms with Crippen molar-refractivity contribution in [2.45, 2.75) is 13.0 Å². The van der Waals surface area contributed by atoms with Crippen LogP contribution in [0, 0.1) is 6.92 Å². The molecule has 0 fully saturated rings. The third-order valence-electron chi connectivity index (χ3n) is 3.58. The Morgan fingerprint density at radius 2 is 1.90 bits per heavy atom. The molecule has 1 heterocycles. The van der Waals surface area contributed by atoms with Crippen LogP contribution in [-0.4, -0.2) is 10.9 Å². The predicted octanol–water partition coefficient (Wildman–Crippen LogP) is 4.08. The first-order chi connectivity index (χ1) is 10.3. The average molecular weight is 277 g/mol. The molecule has 1 radical (unpaired) electrons. The number of amides is 2. The van der Waals surface area contributed by atoms with E-state index in [4.69, 9.17) is 0 Å². The standard InChI is InChI=1S/C18H17N2O/c1-2-14-7-9-17(10-8-14)19-18(21)20-12-11-15-5-3-4-6-16(15)13-20/h3-12H,1-2,13H2,(H,19,21). The van der Waals surface area contributed by atoms with Crippen molar-refractivity contribution in [2.75, 3.05) is 5.32 Å². The summed E-state index contributed by atoms with van der Waals surface area (Å²) in [7, 11) is 0. The van der Waals surface area contributed by atoms with Crippen LogP contribution in [-0.2, 0) is 13.0 Å². The van der Waals surface area contributed by atoms with Crippen molar-refractivity contribution in [2.24, 2.45) is 0 Å². The highest BCUT2D eigenvalue weighted by Gasteiger charge is 2.16. The molecular weight excluding hydrogens is 260 g/mol. The van der Waals surface area contributed by atoms with Gasteiger partial charge in [0.25, 0.3) is 0 Å². The molecule has 1 aliphatic rings. The number of nitrogens with zero attached hydrogens (tertiary/aromatic N) is 1. The molecule has 0 atom stereocenters. The van der Waals surface area contributed by atoms with Gasteiger partial charge in [0.1, 0.15) is 0 Å². The Morgan fingerprint density at radius 3 is 2.67 bits per heavy atom. The first kappa shape index (κ1) is 13.4. The number of urea groups is 1. The van der Waals surface area contributed by atoms with Crippen LogP contribution in [0.4, 0.5) is 10.5 Å². The number of fused-ring (bicyclic) bond motifs is 1. The number of benzene rings is 2. The first-order valence-corrected chi connectivity index (χ1v) is 6.98. The Kier molecular flexibility index (Phi) is 3.73. The van der Waals surface area contributed by atoms with E-state index in [9.17, 15) is 4.79 Å². The SMILES string of the molecule is [CH2]Cc1ccc(NC(=O)N2C=Cc3ccccc3C2)cc1. The molecule has 21 heavy (non-hydrogen) atoms. The van der Waals surface area contributed by atoms with Crippen LogP contribution in [0.15, 0.2) is 54.7 Å². The molecule has 3 heteroatoms. The summed E-state index contributed by atoms with van der Waals surface area (Å²) in [4.78, 5) is 14.0. The van der Waals surface area contributed by atoms with Crippen molar-refractivity contribution in [3.63, 3.8) is 0 Å². The second kappa shape index (κ2) is 5.83. The molecule has 0 aliphatic carbocycles. The molecule has 0 bridgehead atoms. The Hall–Kier alpha value is -2.55. The van der Waals surface area contributed by atoms with Gasteiger partial charge < -0.3 is 5.32 Å². The van der Waals surface area contributed by atoms with Gasteiger partial charge in [0.2, 0.25) is 0 Å². The number of anilines is 1. The largest absolute Gasteiger partial charge is 0.326 e. The third kappa shape index (κ3) is 2.97. The summed E-state index contributed by atoms with van der Waals surface area (Å²) in [5.74, 6) is 0. The van der Waals surface area contributed by atoms with E-state index >= 15 is 0 Å². The first-order valence-electron chi connectivity index (χ1n) is 6.98. The predicted molar refractivity (Wildman–Crippen MR) is 85.5 cm³/mol. The molecule has 0 unspecified atom stereocenters. The van der Waals surface area contributed by atoms with E-state index in [1.54, 1.807) is 4.90 Å². The van der Waals surface area contributed by atoms with E-state index in [0.717, 1.165) is 23.2 Å². The van der Waals surface area contributed by atoms with Gasteiger partial charge >= 0.3 is 6.03 Å². The highest BCUT2D eigenvalue weighted by Crippen LogP contribution is 2.20. The van der Waals surface area contributed by atoms with Crippen molar-refractivity contribution >= 4 is 17.8 Å². The van der Waals surface area contributed by atoms with Crippen LogP contribution in [0.5, 0.6) is 0 Å². The number of rotatable bonds is 2. The lowest BCUT2D eigenvalue weighted by Crippen LogP contribution is -2.31. The quantitative estimate of drug-likeness (QED) is 0.881. The maximum Gasteiger partial charge on any atom is 0.326 e. The van der Waals surface area contributed by atoms with Crippen LogP contribution < -0.4 is 5.32 Å². The summed E-state index contributed by atoms with van der Waals surface area (Å²) in [6.07, 6.45) is 4.53. The van der Waals surface area contributed by atoms with E-state index in [-0.39, 0.29) is 6.03 Å². The van der Waals surface area contributed by atoms with E-state index in [2.05, 4.69) is 18.3 Å². The number of hydrogen-bond donors (Lipinski definition) is 1. The molecule has 1 N–H and O–H groups in total. The Bertz CT molecular complexity index is 674. The van der Waals surface area contributed by atoms with Gasteiger partial charge in [-0.2, -0.15) is 0 Å². The zero-order chi connectivity index (χ0) is 14.7. The van der Waals surface area contributed by atoms with E-state index < -0.39 is 0 Å². The maximum atomic E-state index is 12.3. The van der Waals surface area contributed by atoms with E-state index in [0.29, 0.717) is 6.54 Å². The zero-order valence-electron chi connectivity index (χ0n) is 11.8. The van der Waals surface area contributed by atoms with E-state index in [1.807, 2.05) is 54.7 Å². The second-order valence-electron chi connectivity index (χ2n) is 5.02. The Morgan fingerprint density at radius 1 is 1.14 bits per heavy atom. The Labute approximate surface area is 124 Å². The molecule has 0 spiro atoms. The molecule has 1 aliphatic heterocycles. The molecule has 0 saturated heterocycles. The van der Waals surface area contributed by atoms with Crippen molar-refractivity contribution < 1.29 is 4.79 Å². The van der Waals surface area contributed by atoms with Gasteiger partial charge in [-0.25, -0.2) is 4.79 Å². The van der Waals surface area contributed by atoms with Crippen LogP contribution in [0.1, 0.15) is 16.7 Å². The number of carbonyl (C=O) groups excluding carboxylic acids is 1. The smallest absolute Gasteiger partial charge is 0.308 e. The monoisotopic (exact) mass is 277 g/mol. The molecule has 2 amide bonds. The minimum Gasteiger partial charge on any atom is -0.308 e. The fourth-order valence-corrected chi connectivity index (χ4v) is 2.34. The average Bonchev–Trinajstić information content (AvgIpc) is 2.55. The molecule has 0 saturated carbocycles. The Balaban J connectivity index is 1.69. The molecule has 105 valence electrons.